The standard InChI is InChI=1S/C17H30F3N7O/c1-4-21-15(25-10-12-27(2)11-5-13-28-3)23-8-9-24-16-22-7-6-14(26-16)17(18,19)20/h6-7H,4-5,8-13H2,1-3H3,(H2,21,23,25)(H,22,24,26). The zero-order valence-corrected chi connectivity index (χ0v) is 16.6. The Morgan fingerprint density at radius 1 is 1.25 bits per heavy atom. The molecule has 0 saturated carbocycles. The summed E-state index contributed by atoms with van der Waals surface area (Å²) in [7, 11) is 3.72. The first-order chi connectivity index (χ1) is 13.4. The van der Waals surface area contributed by atoms with Gasteiger partial charge in [-0.1, -0.05) is 0 Å². The van der Waals surface area contributed by atoms with Gasteiger partial charge in [-0.2, -0.15) is 13.2 Å². The first kappa shape index (κ1) is 23.9. The Bertz CT molecular complexity index is 584. The smallest absolute Gasteiger partial charge is 0.385 e. The third kappa shape index (κ3) is 10.3. The van der Waals surface area contributed by atoms with Crippen LogP contribution in [-0.2, 0) is 10.9 Å². The Morgan fingerprint density at radius 3 is 2.71 bits per heavy atom. The summed E-state index contributed by atoms with van der Waals surface area (Å²) in [5.74, 6) is 0.593. The number of aliphatic imine (C=N–C) groups is 1. The quantitative estimate of drug-likeness (QED) is 0.276. The van der Waals surface area contributed by atoms with Crippen molar-refractivity contribution >= 4 is 11.9 Å². The molecule has 8 nitrogen and oxygen atoms in total. The Kier molecular flexibility index (Phi) is 11.2. The Morgan fingerprint density at radius 2 is 2.04 bits per heavy atom. The summed E-state index contributed by atoms with van der Waals surface area (Å²) in [4.78, 5) is 13.9. The van der Waals surface area contributed by atoms with Crippen molar-refractivity contribution in [2.45, 2.75) is 19.5 Å². The first-order valence-electron chi connectivity index (χ1n) is 9.20. The molecular weight excluding hydrogens is 375 g/mol. The lowest BCUT2D eigenvalue weighted by Crippen LogP contribution is -2.40. The van der Waals surface area contributed by atoms with E-state index in [2.05, 4.69) is 35.8 Å². The van der Waals surface area contributed by atoms with Crippen LogP contribution < -0.4 is 16.0 Å². The lowest BCUT2D eigenvalue weighted by molar-refractivity contribution is -0.141. The predicted octanol–water partition coefficient (Wildman–Crippen LogP) is 1.43. The number of alkyl halides is 3. The molecule has 0 amide bonds. The SMILES string of the molecule is CCNC(=NCCN(C)CCCOC)NCCNc1nccc(C(F)(F)F)n1. The molecule has 1 rings (SSSR count). The Labute approximate surface area is 164 Å². The maximum absolute atomic E-state index is 12.6. The van der Waals surface area contributed by atoms with E-state index < -0.39 is 11.9 Å². The van der Waals surface area contributed by atoms with Gasteiger partial charge in [0.2, 0.25) is 5.95 Å². The Hall–Kier alpha value is -2.14. The molecule has 0 aliphatic carbocycles. The summed E-state index contributed by atoms with van der Waals surface area (Å²) in [5.41, 5.74) is -0.970. The zero-order chi connectivity index (χ0) is 20.8. The van der Waals surface area contributed by atoms with Crippen molar-refractivity contribution in [1.82, 2.24) is 25.5 Å². The summed E-state index contributed by atoms with van der Waals surface area (Å²) in [6.07, 6.45) is -2.43. The van der Waals surface area contributed by atoms with Gasteiger partial charge >= 0.3 is 6.18 Å². The van der Waals surface area contributed by atoms with E-state index in [1.165, 1.54) is 0 Å². The molecule has 0 aliphatic heterocycles. The number of ether oxygens (including phenoxy) is 1. The fourth-order valence-corrected chi connectivity index (χ4v) is 2.22. The number of rotatable bonds is 12. The minimum Gasteiger partial charge on any atom is -0.385 e. The number of nitrogens with one attached hydrogen (secondary N) is 3. The van der Waals surface area contributed by atoms with Gasteiger partial charge in [-0.05, 0) is 26.5 Å². The zero-order valence-electron chi connectivity index (χ0n) is 16.6. The van der Waals surface area contributed by atoms with Crippen LogP contribution in [0, 0.1) is 0 Å². The van der Waals surface area contributed by atoms with Gasteiger partial charge in [-0.15, -0.1) is 0 Å². The van der Waals surface area contributed by atoms with E-state index >= 15 is 0 Å². The molecular formula is C17H30F3N7O. The molecule has 0 aliphatic rings. The van der Waals surface area contributed by atoms with E-state index in [-0.39, 0.29) is 5.95 Å². The van der Waals surface area contributed by atoms with Crippen molar-refractivity contribution in [2.75, 3.05) is 65.3 Å². The van der Waals surface area contributed by atoms with Gasteiger partial charge in [-0.25, -0.2) is 9.97 Å². The highest BCUT2D eigenvalue weighted by Gasteiger charge is 2.32. The van der Waals surface area contributed by atoms with Crippen molar-refractivity contribution in [3.63, 3.8) is 0 Å². The highest BCUT2D eigenvalue weighted by atomic mass is 19.4. The van der Waals surface area contributed by atoms with Crippen LogP contribution in [0.15, 0.2) is 17.3 Å². The molecule has 0 aromatic carbocycles. The second-order valence-electron chi connectivity index (χ2n) is 6.03. The fraction of sp³-hybridized carbons (Fsp3) is 0.706. The maximum atomic E-state index is 12.6. The number of aromatic nitrogens is 2. The van der Waals surface area contributed by atoms with E-state index in [0.717, 1.165) is 38.4 Å². The summed E-state index contributed by atoms with van der Waals surface area (Å²) in [5, 5.41) is 9.02. The molecule has 0 saturated heterocycles. The molecule has 0 bridgehead atoms. The van der Waals surface area contributed by atoms with Gasteiger partial charge in [-0.3, -0.25) is 4.99 Å². The van der Waals surface area contributed by atoms with E-state index in [4.69, 9.17) is 4.74 Å². The predicted molar refractivity (Wildman–Crippen MR) is 103 cm³/mol. The largest absolute Gasteiger partial charge is 0.433 e. The van der Waals surface area contributed by atoms with E-state index in [0.29, 0.717) is 32.1 Å². The molecule has 1 aromatic rings. The number of methoxy groups -OCH3 is 1. The fourth-order valence-electron chi connectivity index (χ4n) is 2.22. The van der Waals surface area contributed by atoms with Crippen LogP contribution in [0.2, 0.25) is 0 Å². The van der Waals surface area contributed by atoms with E-state index in [1.54, 1.807) is 7.11 Å². The highest BCUT2D eigenvalue weighted by molar-refractivity contribution is 5.79. The van der Waals surface area contributed by atoms with Crippen LogP contribution in [0.4, 0.5) is 19.1 Å². The topological polar surface area (TPSA) is 86.7 Å². The molecule has 160 valence electrons. The molecule has 0 radical (unpaired) electrons. The lowest BCUT2D eigenvalue weighted by Gasteiger charge is -2.16. The van der Waals surface area contributed by atoms with Gasteiger partial charge in [0, 0.05) is 52.6 Å². The van der Waals surface area contributed by atoms with Crippen molar-refractivity contribution in [3.05, 3.63) is 18.0 Å². The second-order valence-corrected chi connectivity index (χ2v) is 6.03. The van der Waals surface area contributed by atoms with Gasteiger partial charge < -0.3 is 25.6 Å². The van der Waals surface area contributed by atoms with Crippen molar-refractivity contribution in [1.29, 1.82) is 0 Å². The molecule has 1 aromatic heterocycles. The molecule has 1 heterocycles. The summed E-state index contributed by atoms with van der Waals surface area (Å²) >= 11 is 0. The molecule has 0 unspecified atom stereocenters. The van der Waals surface area contributed by atoms with Gasteiger partial charge in [0.1, 0.15) is 5.69 Å². The number of halogens is 3. The summed E-state index contributed by atoms with van der Waals surface area (Å²) < 4.78 is 43.0. The van der Waals surface area contributed by atoms with Crippen LogP contribution in [0.5, 0.6) is 0 Å². The third-order valence-electron chi connectivity index (χ3n) is 3.63. The average molecular weight is 405 g/mol. The van der Waals surface area contributed by atoms with Crippen LogP contribution in [0.25, 0.3) is 0 Å². The van der Waals surface area contributed by atoms with E-state index in [1.807, 2.05) is 14.0 Å². The van der Waals surface area contributed by atoms with Crippen molar-refractivity contribution < 1.29 is 17.9 Å². The maximum Gasteiger partial charge on any atom is 0.433 e. The summed E-state index contributed by atoms with van der Waals surface area (Å²) in [6, 6.07) is 0.839. The van der Waals surface area contributed by atoms with Gasteiger partial charge in [0.15, 0.2) is 5.96 Å². The number of anilines is 1. The molecule has 0 spiro atoms. The molecule has 0 atom stereocenters. The molecule has 28 heavy (non-hydrogen) atoms. The minimum absolute atomic E-state index is 0.0590. The number of hydrogen-bond acceptors (Lipinski definition) is 6. The van der Waals surface area contributed by atoms with Crippen LogP contribution >= 0.6 is 0 Å². The van der Waals surface area contributed by atoms with Crippen LogP contribution in [-0.4, -0.2) is 80.9 Å². The normalized spacial score (nSPS) is 12.3. The monoisotopic (exact) mass is 405 g/mol. The Balaban J connectivity index is 2.36. The van der Waals surface area contributed by atoms with Crippen molar-refractivity contribution in [3.8, 4) is 0 Å². The van der Waals surface area contributed by atoms with Gasteiger partial charge in [0.05, 0.1) is 6.54 Å². The average Bonchev–Trinajstić information content (AvgIpc) is 2.65. The van der Waals surface area contributed by atoms with Crippen LogP contribution in [0.3, 0.4) is 0 Å². The van der Waals surface area contributed by atoms with Crippen molar-refractivity contribution in [2.24, 2.45) is 4.99 Å². The number of hydrogen-bond donors (Lipinski definition) is 3. The molecule has 11 heteroatoms. The summed E-state index contributed by atoms with van der Waals surface area (Å²) in [6.45, 7) is 6.59. The van der Waals surface area contributed by atoms with Gasteiger partial charge in [0.25, 0.3) is 0 Å². The third-order valence-corrected chi connectivity index (χ3v) is 3.63. The number of guanidine groups is 1. The minimum atomic E-state index is -4.49. The molecule has 3 N–H and O–H groups in total. The number of likely N-dealkylation sites (N-methyl/N-ethyl adjacent to an activating group) is 1. The second kappa shape index (κ2) is 13.1. The highest BCUT2D eigenvalue weighted by Crippen LogP contribution is 2.27. The molecule has 0 fully saturated rings. The number of nitrogens with zero attached hydrogens (tertiary/aromatic N) is 4. The van der Waals surface area contributed by atoms with E-state index in [9.17, 15) is 13.2 Å². The van der Waals surface area contributed by atoms with Crippen LogP contribution in [0.1, 0.15) is 19.0 Å². The first-order valence-corrected chi connectivity index (χ1v) is 9.20. The lowest BCUT2D eigenvalue weighted by atomic mass is 10.4.